The van der Waals surface area contributed by atoms with Gasteiger partial charge in [-0.2, -0.15) is 0 Å². The Morgan fingerprint density at radius 1 is 0.707 bits per heavy atom. The van der Waals surface area contributed by atoms with E-state index in [9.17, 15) is 0 Å². The number of fused-ring (bicyclic) bond motifs is 3. The van der Waals surface area contributed by atoms with Gasteiger partial charge in [-0.15, -0.1) is 0 Å². The molecule has 4 aromatic rings. The van der Waals surface area contributed by atoms with E-state index in [2.05, 4.69) is 139 Å². The van der Waals surface area contributed by atoms with E-state index in [1.165, 1.54) is 42.2 Å². The number of allylic oxidation sites excluding steroid dienone is 4. The van der Waals surface area contributed by atoms with E-state index in [0.29, 0.717) is 0 Å². The normalized spacial score (nSPS) is 15.0. The zero-order chi connectivity index (χ0) is 28.9. The van der Waals surface area contributed by atoms with Crippen molar-refractivity contribution in [2.75, 3.05) is 0 Å². The Morgan fingerprint density at radius 3 is 2.07 bits per heavy atom. The van der Waals surface area contributed by atoms with E-state index >= 15 is 0 Å². The monoisotopic (exact) mass is 632 g/mol. The van der Waals surface area contributed by atoms with Gasteiger partial charge in [0.25, 0.3) is 0 Å². The van der Waals surface area contributed by atoms with E-state index in [1.807, 2.05) is 6.07 Å². The zero-order valence-corrected chi connectivity index (χ0v) is 28.3. The van der Waals surface area contributed by atoms with Crippen molar-refractivity contribution in [3.05, 3.63) is 145 Å². The summed E-state index contributed by atoms with van der Waals surface area (Å²) in [6, 6.07) is 32.0. The molecule has 0 bridgehead atoms. The molecule has 2 heteroatoms. The van der Waals surface area contributed by atoms with Crippen molar-refractivity contribution >= 4 is 18.1 Å². The van der Waals surface area contributed by atoms with Crippen molar-refractivity contribution in [2.45, 2.75) is 65.2 Å². The van der Waals surface area contributed by atoms with Crippen molar-refractivity contribution < 1.29 is 21.3 Å². The van der Waals surface area contributed by atoms with E-state index in [-0.39, 0.29) is 10.8 Å². The van der Waals surface area contributed by atoms with Gasteiger partial charge in [-0.3, -0.25) is 0 Å². The Kier molecular flexibility index (Phi) is 7.59. The van der Waals surface area contributed by atoms with Crippen molar-refractivity contribution in [1.29, 1.82) is 0 Å². The molecule has 0 radical (unpaired) electrons. The summed E-state index contributed by atoms with van der Waals surface area (Å²) in [4.78, 5) is 0. The number of halogens is 1. The number of rotatable bonds is 4. The van der Waals surface area contributed by atoms with Crippen LogP contribution in [0.2, 0.25) is 5.02 Å². The maximum atomic E-state index is 6.66. The first-order valence-electron chi connectivity index (χ1n) is 14.7. The molecule has 0 N–H and O–H groups in total. The van der Waals surface area contributed by atoms with Crippen LogP contribution in [0.1, 0.15) is 81.3 Å². The molecular formula is C39H39ClZr. The summed E-state index contributed by atoms with van der Waals surface area (Å²) >= 11 is 3.93. The molecule has 0 saturated carbocycles. The second-order valence-electron chi connectivity index (χ2n) is 13.5. The molecule has 0 aromatic heterocycles. The first-order chi connectivity index (χ1) is 19.5. The first kappa shape index (κ1) is 28.5. The Bertz CT molecular complexity index is 1740. The van der Waals surface area contributed by atoms with Crippen LogP contribution in [0.25, 0.3) is 11.1 Å². The molecule has 0 aliphatic heterocycles. The fraction of sp³-hybridized carbons (Fsp3) is 0.256. The van der Waals surface area contributed by atoms with Crippen LogP contribution < -0.4 is 3.27 Å². The molecule has 0 spiro atoms. The predicted octanol–water partition coefficient (Wildman–Crippen LogP) is 9.86. The van der Waals surface area contributed by atoms with Gasteiger partial charge in [-0.1, -0.05) is 0 Å². The Labute approximate surface area is 259 Å². The van der Waals surface area contributed by atoms with Crippen molar-refractivity contribution in [1.82, 2.24) is 0 Å². The first-order valence-corrected chi connectivity index (χ1v) is 18.8. The second kappa shape index (κ2) is 10.9. The molecule has 0 fully saturated rings. The van der Waals surface area contributed by atoms with Crippen LogP contribution >= 0.6 is 11.6 Å². The fourth-order valence-electron chi connectivity index (χ4n) is 6.20. The standard InChI is InChI=1S/C21H25.C13H9Cl.C5H5.Zr/c1-20(2,3)16-9-7-14-11-15-8-10-17(21(4,5)6)13-19(15)18(14)12-16;14-13-8-4-7-12(10-13)9-11-5-2-1-3-6-11;1-2-4-5-3-1;/h7,9-10,12-13H,11H2,1-6H3;1-8,10H;1-3H,4H2;. The summed E-state index contributed by atoms with van der Waals surface area (Å²) in [6.45, 7) is 14.0. The van der Waals surface area contributed by atoms with Crippen LogP contribution in [0.4, 0.5) is 0 Å². The third kappa shape index (κ3) is 5.61. The topological polar surface area (TPSA) is 0 Å². The number of hydrogen-bond donors (Lipinski definition) is 0. The number of hydrogen-bond acceptors (Lipinski definition) is 0. The molecule has 0 nitrogen and oxygen atoms in total. The summed E-state index contributed by atoms with van der Waals surface area (Å²) in [5.41, 5.74) is 11.5. The van der Waals surface area contributed by atoms with Gasteiger partial charge < -0.3 is 0 Å². The molecule has 0 unspecified atom stereocenters. The van der Waals surface area contributed by atoms with E-state index in [1.54, 1.807) is 12.1 Å². The van der Waals surface area contributed by atoms with Gasteiger partial charge >= 0.3 is 261 Å². The van der Waals surface area contributed by atoms with Crippen LogP contribution in [-0.2, 0) is 38.5 Å². The molecule has 2 aliphatic carbocycles. The van der Waals surface area contributed by atoms with Gasteiger partial charge in [-0.05, 0) is 0 Å². The molecule has 0 saturated heterocycles. The van der Waals surface area contributed by atoms with Gasteiger partial charge in [-0.25, -0.2) is 0 Å². The molecule has 2 aliphatic rings. The predicted molar refractivity (Wildman–Crippen MR) is 175 cm³/mol. The number of benzene rings is 4. The van der Waals surface area contributed by atoms with Crippen molar-refractivity contribution in [3.8, 4) is 11.1 Å². The summed E-state index contributed by atoms with van der Waals surface area (Å²) in [5, 5.41) is 0.799. The average Bonchev–Trinajstić information content (AvgIpc) is 3.59. The second-order valence-corrected chi connectivity index (χ2v) is 20.0. The Hall–Kier alpha value is -2.60. The summed E-state index contributed by atoms with van der Waals surface area (Å²) in [5.74, 6) is 0. The molecule has 4 aromatic carbocycles. The van der Waals surface area contributed by atoms with Crippen molar-refractivity contribution in [2.24, 2.45) is 0 Å². The molecule has 6 rings (SSSR count). The fourth-order valence-corrected chi connectivity index (χ4v) is 14.4. The Balaban J connectivity index is 1.73. The summed E-state index contributed by atoms with van der Waals surface area (Å²) in [7, 11) is 0. The SMILES string of the molecule is CC(C)(C)c1ccc2c(c1)-c1cc(C(C)(C)C)c[c](/[Zr]([C]3=CC=CC3)=[C](/c3ccccc3)c3cccc(Cl)c3)c1C2. The molecule has 0 atom stereocenters. The average molecular weight is 634 g/mol. The minimum absolute atomic E-state index is 0.0493. The molecule has 41 heavy (non-hydrogen) atoms. The van der Waals surface area contributed by atoms with Gasteiger partial charge in [0.15, 0.2) is 0 Å². The third-order valence-electron chi connectivity index (χ3n) is 8.54. The summed E-state index contributed by atoms with van der Waals surface area (Å²) in [6.07, 6.45) is 9.10. The van der Waals surface area contributed by atoms with Gasteiger partial charge in [0.1, 0.15) is 0 Å². The maximum absolute atomic E-state index is 6.66. The quantitative estimate of drug-likeness (QED) is 0.185. The molecule has 206 valence electrons. The van der Waals surface area contributed by atoms with Gasteiger partial charge in [0.05, 0.1) is 0 Å². The minimum atomic E-state index is -2.73. The van der Waals surface area contributed by atoms with Gasteiger partial charge in [0, 0.05) is 0 Å². The molecule has 0 amide bonds. The van der Waals surface area contributed by atoms with E-state index in [4.69, 9.17) is 11.6 Å². The van der Waals surface area contributed by atoms with Crippen LogP contribution in [0.15, 0.2) is 106 Å². The van der Waals surface area contributed by atoms with Crippen molar-refractivity contribution in [3.63, 3.8) is 0 Å². The van der Waals surface area contributed by atoms with Gasteiger partial charge in [0.2, 0.25) is 0 Å². The van der Waals surface area contributed by atoms with Crippen LogP contribution in [-0.4, -0.2) is 3.21 Å². The zero-order valence-electron chi connectivity index (χ0n) is 25.1. The summed E-state index contributed by atoms with van der Waals surface area (Å²) < 4.78 is 4.77. The van der Waals surface area contributed by atoms with E-state index < -0.39 is 21.3 Å². The Morgan fingerprint density at radius 2 is 1.41 bits per heavy atom. The van der Waals surface area contributed by atoms with Crippen LogP contribution in [0, 0.1) is 0 Å². The third-order valence-corrected chi connectivity index (χ3v) is 16.3. The van der Waals surface area contributed by atoms with Crippen LogP contribution in [0.3, 0.4) is 0 Å². The molecular weight excluding hydrogens is 595 g/mol. The molecule has 0 heterocycles. The van der Waals surface area contributed by atoms with E-state index in [0.717, 1.165) is 17.9 Å². The van der Waals surface area contributed by atoms with Crippen LogP contribution in [0.5, 0.6) is 0 Å².